The van der Waals surface area contributed by atoms with E-state index >= 15 is 0 Å². The molecule has 0 saturated carbocycles. The summed E-state index contributed by atoms with van der Waals surface area (Å²) < 4.78 is 0. The van der Waals surface area contributed by atoms with Crippen molar-refractivity contribution in [1.29, 1.82) is 0 Å². The topological polar surface area (TPSA) is 24.1 Å². The van der Waals surface area contributed by atoms with Gasteiger partial charge in [0.15, 0.2) is 0 Å². The monoisotopic (exact) mass is 390 g/mol. The van der Waals surface area contributed by atoms with Crippen LogP contribution in [-0.2, 0) is 0 Å². The van der Waals surface area contributed by atoms with Crippen LogP contribution in [-0.4, -0.2) is 13.1 Å². The SMILES string of the molecule is Sc1ccc2ccccc2c1NCCCNc1c(S)ccc2ccccc12. The second-order valence-corrected chi connectivity index (χ2v) is 7.53. The highest BCUT2D eigenvalue weighted by atomic mass is 32.1. The van der Waals surface area contributed by atoms with Crippen molar-refractivity contribution < 1.29 is 0 Å². The summed E-state index contributed by atoms with van der Waals surface area (Å²) in [7, 11) is 0. The van der Waals surface area contributed by atoms with Gasteiger partial charge in [0.25, 0.3) is 0 Å². The molecule has 27 heavy (non-hydrogen) atoms. The molecule has 0 fully saturated rings. The lowest BCUT2D eigenvalue weighted by Gasteiger charge is -2.14. The highest BCUT2D eigenvalue weighted by Crippen LogP contribution is 2.31. The van der Waals surface area contributed by atoms with Gasteiger partial charge in [-0.05, 0) is 29.3 Å². The van der Waals surface area contributed by atoms with Crippen LogP contribution in [0.25, 0.3) is 21.5 Å². The summed E-state index contributed by atoms with van der Waals surface area (Å²) in [6, 6.07) is 25.1. The third-order valence-corrected chi connectivity index (χ3v) is 5.52. The summed E-state index contributed by atoms with van der Waals surface area (Å²) in [6.45, 7) is 1.75. The molecule has 2 nitrogen and oxygen atoms in total. The van der Waals surface area contributed by atoms with E-state index in [1.165, 1.54) is 21.5 Å². The maximum Gasteiger partial charge on any atom is 0.0555 e. The van der Waals surface area contributed by atoms with Gasteiger partial charge in [0.2, 0.25) is 0 Å². The third kappa shape index (κ3) is 3.87. The van der Waals surface area contributed by atoms with E-state index in [0.717, 1.165) is 40.7 Å². The highest BCUT2D eigenvalue weighted by molar-refractivity contribution is 7.80. The molecule has 0 aliphatic heterocycles. The van der Waals surface area contributed by atoms with Crippen molar-refractivity contribution in [2.24, 2.45) is 0 Å². The number of rotatable bonds is 6. The van der Waals surface area contributed by atoms with Crippen molar-refractivity contribution in [1.82, 2.24) is 0 Å². The molecular weight excluding hydrogens is 368 g/mol. The fourth-order valence-corrected chi connectivity index (χ4v) is 3.95. The minimum absolute atomic E-state index is 0.876. The molecule has 0 unspecified atom stereocenters. The molecule has 4 aromatic rings. The molecule has 0 aromatic heterocycles. The van der Waals surface area contributed by atoms with Crippen molar-refractivity contribution in [3.8, 4) is 0 Å². The van der Waals surface area contributed by atoms with Gasteiger partial charge in [0, 0.05) is 33.7 Å². The van der Waals surface area contributed by atoms with Crippen LogP contribution in [0.3, 0.4) is 0 Å². The lowest BCUT2D eigenvalue weighted by atomic mass is 10.1. The van der Waals surface area contributed by atoms with Crippen LogP contribution in [0.15, 0.2) is 82.6 Å². The normalized spacial score (nSPS) is 11.0. The molecule has 136 valence electrons. The first kappa shape index (κ1) is 18.1. The van der Waals surface area contributed by atoms with Gasteiger partial charge >= 0.3 is 0 Å². The van der Waals surface area contributed by atoms with Gasteiger partial charge in [-0.1, -0.05) is 60.7 Å². The van der Waals surface area contributed by atoms with Gasteiger partial charge in [-0.25, -0.2) is 0 Å². The predicted molar refractivity (Wildman–Crippen MR) is 124 cm³/mol. The molecule has 0 radical (unpaired) electrons. The molecule has 0 saturated heterocycles. The van der Waals surface area contributed by atoms with Gasteiger partial charge in [0.05, 0.1) is 11.4 Å². The van der Waals surface area contributed by atoms with Crippen molar-refractivity contribution in [3.63, 3.8) is 0 Å². The van der Waals surface area contributed by atoms with E-state index in [0.29, 0.717) is 0 Å². The molecule has 2 N–H and O–H groups in total. The van der Waals surface area contributed by atoms with Gasteiger partial charge in [-0.15, -0.1) is 25.3 Å². The summed E-state index contributed by atoms with van der Waals surface area (Å²) in [5.74, 6) is 0. The average Bonchev–Trinajstić information content (AvgIpc) is 2.70. The van der Waals surface area contributed by atoms with Gasteiger partial charge in [0.1, 0.15) is 0 Å². The van der Waals surface area contributed by atoms with Crippen LogP contribution in [0.5, 0.6) is 0 Å². The molecule has 0 aliphatic carbocycles. The summed E-state index contributed by atoms with van der Waals surface area (Å²) in [5, 5.41) is 12.0. The van der Waals surface area contributed by atoms with Crippen LogP contribution in [0, 0.1) is 0 Å². The van der Waals surface area contributed by atoms with E-state index < -0.39 is 0 Å². The molecule has 0 bridgehead atoms. The van der Waals surface area contributed by atoms with Crippen LogP contribution in [0.2, 0.25) is 0 Å². The molecular formula is C23H22N2S2. The fraction of sp³-hybridized carbons (Fsp3) is 0.130. The molecule has 0 amide bonds. The van der Waals surface area contributed by atoms with Gasteiger partial charge in [-0.2, -0.15) is 0 Å². The number of hydrogen-bond donors (Lipinski definition) is 4. The van der Waals surface area contributed by atoms with E-state index in [2.05, 4.69) is 109 Å². The largest absolute Gasteiger partial charge is 0.384 e. The Kier molecular flexibility index (Phi) is 5.46. The zero-order valence-electron chi connectivity index (χ0n) is 14.9. The number of anilines is 2. The lowest BCUT2D eigenvalue weighted by Crippen LogP contribution is -2.10. The Bertz CT molecular complexity index is 1000. The summed E-state index contributed by atoms with van der Waals surface area (Å²) >= 11 is 9.24. The van der Waals surface area contributed by atoms with Crippen molar-refractivity contribution in [2.45, 2.75) is 16.2 Å². The van der Waals surface area contributed by atoms with Crippen LogP contribution < -0.4 is 10.6 Å². The van der Waals surface area contributed by atoms with E-state index in [4.69, 9.17) is 0 Å². The van der Waals surface area contributed by atoms with E-state index in [1.54, 1.807) is 0 Å². The number of fused-ring (bicyclic) bond motifs is 2. The van der Waals surface area contributed by atoms with Crippen molar-refractivity contribution in [3.05, 3.63) is 72.8 Å². The molecule has 4 heteroatoms. The summed E-state index contributed by atoms with van der Waals surface area (Å²) in [4.78, 5) is 1.96. The molecule has 0 spiro atoms. The zero-order valence-corrected chi connectivity index (χ0v) is 16.7. The minimum atomic E-state index is 0.876. The molecule has 0 atom stereocenters. The Morgan fingerprint density at radius 1 is 0.556 bits per heavy atom. The lowest BCUT2D eigenvalue weighted by molar-refractivity contribution is 0.906. The summed E-state index contributed by atoms with van der Waals surface area (Å²) in [5.41, 5.74) is 2.22. The smallest absolute Gasteiger partial charge is 0.0555 e. The Labute approximate surface area is 170 Å². The van der Waals surface area contributed by atoms with Crippen LogP contribution in [0.1, 0.15) is 6.42 Å². The maximum absolute atomic E-state index is 4.62. The second-order valence-electron chi connectivity index (χ2n) is 6.57. The average molecular weight is 391 g/mol. The summed E-state index contributed by atoms with van der Waals surface area (Å²) in [6.07, 6.45) is 0.993. The highest BCUT2D eigenvalue weighted by Gasteiger charge is 2.06. The number of hydrogen-bond acceptors (Lipinski definition) is 4. The molecule has 4 aromatic carbocycles. The Morgan fingerprint density at radius 3 is 1.48 bits per heavy atom. The first-order chi connectivity index (χ1) is 13.2. The van der Waals surface area contributed by atoms with Gasteiger partial charge in [-0.3, -0.25) is 0 Å². The van der Waals surface area contributed by atoms with Crippen molar-refractivity contribution >= 4 is 58.2 Å². The number of thiol groups is 2. The molecule has 0 heterocycles. The van der Waals surface area contributed by atoms with E-state index in [9.17, 15) is 0 Å². The minimum Gasteiger partial charge on any atom is -0.384 e. The fourth-order valence-electron chi connectivity index (χ4n) is 3.41. The predicted octanol–water partition coefficient (Wildman–Crippen LogP) is 6.48. The Morgan fingerprint density at radius 2 is 1.00 bits per heavy atom. The first-order valence-electron chi connectivity index (χ1n) is 9.13. The number of benzene rings is 4. The van der Waals surface area contributed by atoms with Crippen LogP contribution >= 0.6 is 25.3 Å². The molecule has 0 aliphatic rings. The Balaban J connectivity index is 1.41. The number of nitrogens with one attached hydrogen (secondary N) is 2. The first-order valence-corrected chi connectivity index (χ1v) is 10.0. The van der Waals surface area contributed by atoms with E-state index in [-0.39, 0.29) is 0 Å². The standard InChI is InChI=1S/C23H22N2S2/c26-20-12-10-16-6-1-3-8-18(16)22(20)24-14-5-15-25-23-19-9-4-2-7-17(19)11-13-21(23)27/h1-4,6-13,24-27H,5,14-15H2. The van der Waals surface area contributed by atoms with Crippen molar-refractivity contribution in [2.75, 3.05) is 23.7 Å². The third-order valence-electron chi connectivity index (χ3n) is 4.77. The zero-order chi connectivity index (χ0) is 18.6. The quantitative estimate of drug-likeness (QED) is 0.224. The van der Waals surface area contributed by atoms with Gasteiger partial charge < -0.3 is 10.6 Å². The molecule has 4 rings (SSSR count). The Hall–Kier alpha value is -2.30. The maximum atomic E-state index is 4.62. The second kappa shape index (κ2) is 8.15. The van der Waals surface area contributed by atoms with Crippen LogP contribution in [0.4, 0.5) is 11.4 Å². The van der Waals surface area contributed by atoms with E-state index in [1.807, 2.05) is 0 Å².